The van der Waals surface area contributed by atoms with Crippen molar-refractivity contribution >= 4 is 23.6 Å². The first-order chi connectivity index (χ1) is 13.4. The number of allylic oxidation sites excluding steroid dienone is 2. The van der Waals surface area contributed by atoms with E-state index in [1.165, 1.54) is 12.1 Å². The highest BCUT2D eigenvalue weighted by molar-refractivity contribution is 6.13. The third-order valence-electron chi connectivity index (χ3n) is 4.67. The average Bonchev–Trinajstić information content (AvgIpc) is 2.66. The molecule has 0 amide bonds. The van der Waals surface area contributed by atoms with Gasteiger partial charge >= 0.3 is 6.61 Å². The zero-order valence-electron chi connectivity index (χ0n) is 16.0. The Kier molecular flexibility index (Phi) is 6.24. The first-order valence-electron chi connectivity index (χ1n) is 9.20. The fourth-order valence-corrected chi connectivity index (χ4v) is 3.19. The van der Waals surface area contributed by atoms with E-state index >= 15 is 0 Å². The quantitative estimate of drug-likeness (QED) is 0.632. The van der Waals surface area contributed by atoms with Crippen molar-refractivity contribution in [2.45, 2.75) is 25.9 Å². The molecule has 28 heavy (non-hydrogen) atoms. The van der Waals surface area contributed by atoms with E-state index in [0.717, 1.165) is 40.8 Å². The number of carbonyl (C=O) groups excluding carboxylic acids is 1. The number of nitrogens with zero attached hydrogens (tertiary/aromatic N) is 1. The second kappa shape index (κ2) is 8.83. The van der Waals surface area contributed by atoms with E-state index in [0.29, 0.717) is 6.42 Å². The van der Waals surface area contributed by atoms with Crippen molar-refractivity contribution < 1.29 is 18.3 Å². The van der Waals surface area contributed by atoms with Crippen molar-refractivity contribution in [2.75, 3.05) is 19.0 Å². The van der Waals surface area contributed by atoms with Crippen LogP contribution in [0.1, 0.15) is 30.4 Å². The van der Waals surface area contributed by atoms with Gasteiger partial charge in [-0.3, -0.25) is 4.79 Å². The Morgan fingerprint density at radius 1 is 0.893 bits per heavy atom. The van der Waals surface area contributed by atoms with Crippen LogP contribution in [-0.4, -0.2) is 26.5 Å². The Morgan fingerprint density at radius 3 is 1.86 bits per heavy atom. The summed E-state index contributed by atoms with van der Waals surface area (Å²) in [7, 11) is 3.97. The van der Waals surface area contributed by atoms with Gasteiger partial charge in [0.25, 0.3) is 0 Å². The number of Topliss-reactive ketones (excluding diaryl/α,β-unsaturated/α-hetero) is 1. The van der Waals surface area contributed by atoms with Gasteiger partial charge < -0.3 is 9.64 Å². The number of ether oxygens (including phenoxy) is 1. The van der Waals surface area contributed by atoms with Crippen LogP contribution in [0, 0.1) is 0 Å². The van der Waals surface area contributed by atoms with Crippen LogP contribution in [0.25, 0.3) is 12.2 Å². The van der Waals surface area contributed by atoms with E-state index in [1.807, 2.05) is 55.4 Å². The van der Waals surface area contributed by atoms with Crippen LogP contribution in [0.2, 0.25) is 0 Å². The molecule has 1 aliphatic rings. The monoisotopic (exact) mass is 383 g/mol. The van der Waals surface area contributed by atoms with Gasteiger partial charge in [-0.2, -0.15) is 8.78 Å². The molecule has 3 rings (SSSR count). The molecule has 0 radical (unpaired) electrons. The molecule has 3 nitrogen and oxygen atoms in total. The Bertz CT molecular complexity index is 882. The molecule has 0 aliphatic heterocycles. The van der Waals surface area contributed by atoms with E-state index in [9.17, 15) is 13.6 Å². The minimum atomic E-state index is -2.84. The van der Waals surface area contributed by atoms with Gasteiger partial charge in [0.1, 0.15) is 5.75 Å². The van der Waals surface area contributed by atoms with E-state index in [2.05, 4.69) is 4.74 Å². The minimum Gasteiger partial charge on any atom is -0.435 e. The highest BCUT2D eigenvalue weighted by Crippen LogP contribution is 2.29. The lowest BCUT2D eigenvalue weighted by Gasteiger charge is -2.17. The number of ketones is 1. The van der Waals surface area contributed by atoms with Crippen molar-refractivity contribution in [3.05, 3.63) is 70.8 Å². The molecule has 0 aromatic heterocycles. The number of anilines is 1. The molecule has 0 bridgehead atoms. The second-order valence-corrected chi connectivity index (χ2v) is 6.96. The number of hydrogen-bond donors (Lipinski definition) is 0. The smallest absolute Gasteiger partial charge is 0.387 e. The van der Waals surface area contributed by atoms with Crippen LogP contribution >= 0.6 is 0 Å². The number of carbonyl (C=O) groups is 1. The number of rotatable bonds is 5. The predicted octanol–water partition coefficient (Wildman–Crippen LogP) is 5.57. The van der Waals surface area contributed by atoms with Gasteiger partial charge in [0, 0.05) is 30.9 Å². The van der Waals surface area contributed by atoms with Gasteiger partial charge in [-0.15, -0.1) is 0 Å². The van der Waals surface area contributed by atoms with Gasteiger partial charge in [0.05, 0.1) is 0 Å². The fraction of sp³-hybridized carbons (Fsp3) is 0.261. The minimum absolute atomic E-state index is 0.0517. The van der Waals surface area contributed by atoms with Crippen molar-refractivity contribution in [1.29, 1.82) is 0 Å². The highest BCUT2D eigenvalue weighted by Gasteiger charge is 2.20. The summed E-state index contributed by atoms with van der Waals surface area (Å²) >= 11 is 0. The van der Waals surface area contributed by atoms with Crippen molar-refractivity contribution in [3.63, 3.8) is 0 Å². The lowest BCUT2D eigenvalue weighted by atomic mass is 9.87. The van der Waals surface area contributed by atoms with E-state index in [4.69, 9.17) is 0 Å². The molecule has 0 atom stereocenters. The first kappa shape index (κ1) is 19.8. The molecule has 1 saturated carbocycles. The third kappa shape index (κ3) is 5.06. The molecule has 2 aromatic carbocycles. The van der Waals surface area contributed by atoms with E-state index < -0.39 is 6.61 Å². The Balaban J connectivity index is 1.77. The highest BCUT2D eigenvalue weighted by atomic mass is 19.3. The molecule has 0 N–H and O–H groups in total. The Hall–Kier alpha value is -2.95. The van der Waals surface area contributed by atoms with E-state index in [-0.39, 0.29) is 11.5 Å². The fourth-order valence-electron chi connectivity index (χ4n) is 3.19. The zero-order valence-corrected chi connectivity index (χ0v) is 16.0. The summed E-state index contributed by atoms with van der Waals surface area (Å²) in [6.45, 7) is -2.84. The van der Waals surface area contributed by atoms with Gasteiger partial charge in [-0.1, -0.05) is 24.3 Å². The standard InChI is InChI=1S/C23H23F2NO2/c1-26(2)20-10-6-16(7-11-20)14-18-4-3-5-19(22(18)27)15-17-8-12-21(13-9-17)28-23(24)25/h6-15,23H,3-5H2,1-2H3/b18-14+,19-15+. The molecule has 2 aromatic rings. The van der Waals surface area contributed by atoms with Crippen LogP contribution in [-0.2, 0) is 4.79 Å². The average molecular weight is 383 g/mol. The molecular weight excluding hydrogens is 360 g/mol. The van der Waals surface area contributed by atoms with Crippen molar-refractivity contribution in [3.8, 4) is 5.75 Å². The first-order valence-corrected chi connectivity index (χ1v) is 9.20. The topological polar surface area (TPSA) is 29.5 Å². The Labute approximate surface area is 163 Å². The summed E-state index contributed by atoms with van der Waals surface area (Å²) < 4.78 is 28.8. The van der Waals surface area contributed by atoms with Gasteiger partial charge in [-0.25, -0.2) is 0 Å². The maximum Gasteiger partial charge on any atom is 0.387 e. The maximum absolute atomic E-state index is 12.9. The van der Waals surface area contributed by atoms with Crippen molar-refractivity contribution in [2.24, 2.45) is 0 Å². The lowest BCUT2D eigenvalue weighted by Crippen LogP contribution is -2.12. The van der Waals surface area contributed by atoms with E-state index in [1.54, 1.807) is 12.1 Å². The van der Waals surface area contributed by atoms with Crippen LogP contribution in [0.4, 0.5) is 14.5 Å². The molecule has 0 heterocycles. The summed E-state index contributed by atoms with van der Waals surface area (Å²) in [5, 5.41) is 0. The third-order valence-corrected chi connectivity index (χ3v) is 4.67. The Morgan fingerprint density at radius 2 is 1.39 bits per heavy atom. The summed E-state index contributed by atoms with van der Waals surface area (Å²) in [4.78, 5) is 14.9. The zero-order chi connectivity index (χ0) is 20.1. The molecular formula is C23H23F2NO2. The van der Waals surface area contributed by atoms with Crippen molar-refractivity contribution in [1.82, 2.24) is 0 Å². The number of halogens is 2. The summed E-state index contributed by atoms with van der Waals surface area (Å²) in [6.07, 6.45) is 6.16. The molecule has 1 fully saturated rings. The van der Waals surface area contributed by atoms with Crippen LogP contribution in [0.15, 0.2) is 59.7 Å². The SMILES string of the molecule is CN(C)c1ccc(/C=C2\CCC/C(=C\c3ccc(OC(F)F)cc3)C2=O)cc1. The summed E-state index contributed by atoms with van der Waals surface area (Å²) in [6, 6.07) is 14.4. The normalized spacial score (nSPS) is 17.4. The number of alkyl halides is 2. The van der Waals surface area contributed by atoms with Gasteiger partial charge in [-0.05, 0) is 66.8 Å². The summed E-state index contributed by atoms with van der Waals surface area (Å²) in [5.74, 6) is 0.157. The van der Waals surface area contributed by atoms with Crippen LogP contribution in [0.3, 0.4) is 0 Å². The van der Waals surface area contributed by atoms with Gasteiger partial charge in [0.15, 0.2) is 5.78 Å². The van der Waals surface area contributed by atoms with Gasteiger partial charge in [0.2, 0.25) is 0 Å². The molecule has 0 saturated heterocycles. The van der Waals surface area contributed by atoms with Crippen LogP contribution in [0.5, 0.6) is 5.75 Å². The molecule has 0 unspecified atom stereocenters. The largest absolute Gasteiger partial charge is 0.435 e. The predicted molar refractivity (Wildman–Crippen MR) is 109 cm³/mol. The molecule has 146 valence electrons. The lowest BCUT2D eigenvalue weighted by molar-refractivity contribution is -0.112. The molecule has 0 spiro atoms. The molecule has 1 aliphatic carbocycles. The number of hydrogen-bond acceptors (Lipinski definition) is 3. The second-order valence-electron chi connectivity index (χ2n) is 6.96. The molecule has 5 heteroatoms. The van der Waals surface area contributed by atoms with Crippen LogP contribution < -0.4 is 9.64 Å². The number of benzene rings is 2. The summed E-state index contributed by atoms with van der Waals surface area (Å²) in [5.41, 5.74) is 4.44. The maximum atomic E-state index is 12.9.